The average Bonchev–Trinajstić information content (AvgIpc) is 2.73. The van der Waals surface area contributed by atoms with Crippen molar-refractivity contribution in [3.63, 3.8) is 0 Å². The lowest BCUT2D eigenvalue weighted by Crippen LogP contribution is -2.41. The predicted octanol–water partition coefficient (Wildman–Crippen LogP) is 1.45. The summed E-state index contributed by atoms with van der Waals surface area (Å²) in [5.41, 5.74) is 8.68. The molecule has 2 aromatic carbocycles. The summed E-state index contributed by atoms with van der Waals surface area (Å²) in [5.74, 6) is 0.293. The summed E-state index contributed by atoms with van der Waals surface area (Å²) in [6.07, 6.45) is 0. The highest BCUT2D eigenvalue weighted by Gasteiger charge is 2.25. The molecule has 0 unspecified atom stereocenters. The highest BCUT2D eigenvalue weighted by atomic mass is 32.2. The van der Waals surface area contributed by atoms with E-state index in [4.69, 9.17) is 10.5 Å². The van der Waals surface area contributed by atoms with Crippen molar-refractivity contribution >= 4 is 16.0 Å². The third kappa shape index (κ3) is 5.79. The molecule has 3 N–H and O–H groups in total. The zero-order valence-electron chi connectivity index (χ0n) is 15.8. The zero-order valence-corrected chi connectivity index (χ0v) is 16.6. The smallest absolute Gasteiger partial charge is 0.218 e. The molecule has 0 amide bonds. The molecule has 2 aromatic rings. The molecule has 3 rings (SSSR count). The SMILES string of the molecule is NC(=NCc1ccccc1)NCc1ccccc1CS(=O)(=O)N1CCOCC1. The Morgan fingerprint density at radius 1 is 1.04 bits per heavy atom. The monoisotopic (exact) mass is 402 g/mol. The lowest BCUT2D eigenvalue weighted by molar-refractivity contribution is 0.0729. The molecule has 0 aromatic heterocycles. The Hall–Kier alpha value is -2.42. The summed E-state index contributed by atoms with van der Waals surface area (Å²) in [6, 6.07) is 17.3. The van der Waals surface area contributed by atoms with E-state index < -0.39 is 10.0 Å². The highest BCUT2D eigenvalue weighted by Crippen LogP contribution is 2.16. The molecule has 150 valence electrons. The van der Waals surface area contributed by atoms with Crippen molar-refractivity contribution in [3.8, 4) is 0 Å². The molecule has 1 aliphatic rings. The van der Waals surface area contributed by atoms with Crippen LogP contribution in [0.5, 0.6) is 0 Å². The molecule has 1 saturated heterocycles. The molecule has 8 heteroatoms. The van der Waals surface area contributed by atoms with E-state index in [0.717, 1.165) is 16.7 Å². The van der Waals surface area contributed by atoms with Gasteiger partial charge in [0.05, 0.1) is 25.5 Å². The number of benzene rings is 2. The number of nitrogens with one attached hydrogen (secondary N) is 1. The molecule has 28 heavy (non-hydrogen) atoms. The second-order valence-electron chi connectivity index (χ2n) is 6.58. The lowest BCUT2D eigenvalue weighted by atomic mass is 10.1. The summed E-state index contributed by atoms with van der Waals surface area (Å²) in [4.78, 5) is 4.33. The van der Waals surface area contributed by atoms with Crippen LogP contribution in [0.15, 0.2) is 59.6 Å². The maximum absolute atomic E-state index is 12.7. The summed E-state index contributed by atoms with van der Waals surface area (Å²) >= 11 is 0. The van der Waals surface area contributed by atoms with Gasteiger partial charge < -0.3 is 15.8 Å². The van der Waals surface area contributed by atoms with Gasteiger partial charge in [0.1, 0.15) is 0 Å². The van der Waals surface area contributed by atoms with Crippen LogP contribution in [0.2, 0.25) is 0 Å². The fraction of sp³-hybridized carbons (Fsp3) is 0.350. The fourth-order valence-electron chi connectivity index (χ4n) is 2.98. The Labute approximate surface area is 166 Å². The van der Waals surface area contributed by atoms with Gasteiger partial charge in [-0.15, -0.1) is 0 Å². The molecule has 0 spiro atoms. The van der Waals surface area contributed by atoms with Gasteiger partial charge in [-0.3, -0.25) is 0 Å². The van der Waals surface area contributed by atoms with E-state index in [1.165, 1.54) is 4.31 Å². The third-order valence-corrected chi connectivity index (χ3v) is 6.38. The number of rotatable bonds is 7. The first-order chi connectivity index (χ1) is 13.5. The van der Waals surface area contributed by atoms with Gasteiger partial charge in [-0.25, -0.2) is 13.4 Å². The van der Waals surface area contributed by atoms with Crippen LogP contribution in [-0.2, 0) is 33.6 Å². The van der Waals surface area contributed by atoms with Crippen molar-refractivity contribution < 1.29 is 13.2 Å². The molecule has 1 heterocycles. The minimum absolute atomic E-state index is 0.0358. The van der Waals surface area contributed by atoms with Gasteiger partial charge in [0.25, 0.3) is 0 Å². The Bertz CT molecular complexity index is 895. The van der Waals surface area contributed by atoms with Crippen molar-refractivity contribution in [2.24, 2.45) is 10.7 Å². The Kier molecular flexibility index (Phi) is 7.02. The number of morpholine rings is 1. The second kappa shape index (κ2) is 9.68. The number of hydrogen-bond donors (Lipinski definition) is 2. The molecular formula is C20H26N4O3S. The zero-order chi connectivity index (χ0) is 19.8. The fourth-order valence-corrected chi connectivity index (χ4v) is 4.55. The number of sulfonamides is 1. The molecule has 7 nitrogen and oxygen atoms in total. The first-order valence-electron chi connectivity index (χ1n) is 9.25. The summed E-state index contributed by atoms with van der Waals surface area (Å²) < 4.78 is 32.2. The van der Waals surface area contributed by atoms with Crippen molar-refractivity contribution in [2.75, 3.05) is 26.3 Å². The first-order valence-corrected chi connectivity index (χ1v) is 10.9. The Balaban J connectivity index is 1.62. The maximum Gasteiger partial charge on any atom is 0.218 e. The van der Waals surface area contributed by atoms with Crippen molar-refractivity contribution in [2.45, 2.75) is 18.8 Å². The van der Waals surface area contributed by atoms with Gasteiger partial charge in [-0.1, -0.05) is 54.6 Å². The molecule has 0 saturated carbocycles. The molecule has 0 atom stereocenters. The normalized spacial score (nSPS) is 16.1. The van der Waals surface area contributed by atoms with E-state index in [-0.39, 0.29) is 5.75 Å². The average molecular weight is 403 g/mol. The molecule has 0 radical (unpaired) electrons. The van der Waals surface area contributed by atoms with Crippen LogP contribution >= 0.6 is 0 Å². The number of ether oxygens (including phenoxy) is 1. The number of hydrogen-bond acceptors (Lipinski definition) is 4. The van der Waals surface area contributed by atoms with E-state index >= 15 is 0 Å². The number of nitrogens with two attached hydrogens (primary N) is 1. The third-order valence-electron chi connectivity index (χ3n) is 4.55. The lowest BCUT2D eigenvalue weighted by Gasteiger charge is -2.26. The van der Waals surface area contributed by atoms with E-state index in [9.17, 15) is 8.42 Å². The predicted molar refractivity (Wildman–Crippen MR) is 110 cm³/mol. The van der Waals surface area contributed by atoms with Gasteiger partial charge >= 0.3 is 0 Å². The van der Waals surface area contributed by atoms with Crippen molar-refractivity contribution in [1.82, 2.24) is 9.62 Å². The van der Waals surface area contributed by atoms with Crippen LogP contribution in [-0.4, -0.2) is 45.0 Å². The van der Waals surface area contributed by atoms with Crippen LogP contribution in [0.1, 0.15) is 16.7 Å². The molecule has 1 fully saturated rings. The number of nitrogens with zero attached hydrogens (tertiary/aromatic N) is 2. The van der Waals surface area contributed by atoms with E-state index in [0.29, 0.717) is 45.4 Å². The molecule has 0 aliphatic carbocycles. The first kappa shape index (κ1) is 20.3. The van der Waals surface area contributed by atoms with Crippen LogP contribution in [0.25, 0.3) is 0 Å². The standard InChI is InChI=1S/C20H26N4O3S/c21-20(22-14-17-6-2-1-3-7-17)23-15-18-8-4-5-9-19(18)16-28(25,26)24-10-12-27-13-11-24/h1-9H,10-16H2,(H3,21,22,23). The summed E-state index contributed by atoms with van der Waals surface area (Å²) in [7, 11) is -3.38. The number of guanidine groups is 1. The topological polar surface area (TPSA) is 97.0 Å². The van der Waals surface area contributed by atoms with Crippen LogP contribution in [0.3, 0.4) is 0 Å². The van der Waals surface area contributed by atoms with Gasteiger partial charge in [-0.05, 0) is 16.7 Å². The van der Waals surface area contributed by atoms with Crippen LogP contribution in [0.4, 0.5) is 0 Å². The Morgan fingerprint density at radius 2 is 1.68 bits per heavy atom. The Morgan fingerprint density at radius 3 is 2.39 bits per heavy atom. The van der Waals surface area contributed by atoms with E-state index in [1.54, 1.807) is 0 Å². The summed E-state index contributed by atoms with van der Waals surface area (Å²) in [6.45, 7) is 2.60. The summed E-state index contributed by atoms with van der Waals surface area (Å²) in [5, 5.41) is 3.07. The van der Waals surface area contributed by atoms with Crippen LogP contribution in [0, 0.1) is 0 Å². The maximum atomic E-state index is 12.7. The van der Waals surface area contributed by atoms with Gasteiger partial charge in [0.15, 0.2) is 5.96 Å². The van der Waals surface area contributed by atoms with Crippen molar-refractivity contribution in [3.05, 3.63) is 71.3 Å². The highest BCUT2D eigenvalue weighted by molar-refractivity contribution is 7.88. The van der Waals surface area contributed by atoms with Gasteiger partial charge in [-0.2, -0.15) is 4.31 Å². The van der Waals surface area contributed by atoms with E-state index in [2.05, 4.69) is 10.3 Å². The molecule has 0 bridgehead atoms. The van der Waals surface area contributed by atoms with Crippen molar-refractivity contribution in [1.29, 1.82) is 0 Å². The van der Waals surface area contributed by atoms with E-state index in [1.807, 2.05) is 54.6 Å². The van der Waals surface area contributed by atoms with Gasteiger partial charge in [0.2, 0.25) is 10.0 Å². The minimum Gasteiger partial charge on any atom is -0.379 e. The minimum atomic E-state index is -3.38. The second-order valence-corrected chi connectivity index (χ2v) is 8.55. The molecule has 1 aliphatic heterocycles. The molecular weight excluding hydrogens is 376 g/mol. The van der Waals surface area contributed by atoms with Crippen LogP contribution < -0.4 is 11.1 Å². The largest absolute Gasteiger partial charge is 0.379 e. The quantitative estimate of drug-likeness (QED) is 0.540. The number of aliphatic imine (C=N–C) groups is 1. The van der Waals surface area contributed by atoms with Gasteiger partial charge in [0, 0.05) is 19.6 Å².